The summed E-state index contributed by atoms with van der Waals surface area (Å²) in [6.07, 6.45) is -0.443. The van der Waals surface area contributed by atoms with Gasteiger partial charge in [-0.25, -0.2) is 4.79 Å². The van der Waals surface area contributed by atoms with Crippen molar-refractivity contribution in [1.29, 1.82) is 0 Å². The van der Waals surface area contributed by atoms with Gasteiger partial charge in [-0.1, -0.05) is 26.0 Å². The first kappa shape index (κ1) is 13.4. The van der Waals surface area contributed by atoms with E-state index in [1.807, 2.05) is 18.2 Å². The van der Waals surface area contributed by atoms with Crippen LogP contribution >= 0.6 is 0 Å². The Kier molecular flexibility index (Phi) is 4.82. The molecule has 0 aromatic heterocycles. The van der Waals surface area contributed by atoms with Gasteiger partial charge in [0.25, 0.3) is 0 Å². The third-order valence-corrected chi connectivity index (χ3v) is 2.58. The van der Waals surface area contributed by atoms with Crippen LogP contribution in [0.1, 0.15) is 30.9 Å². The molecule has 0 atom stereocenters. The van der Waals surface area contributed by atoms with E-state index >= 15 is 0 Å². The highest BCUT2D eigenvalue weighted by atomic mass is 16.5. The largest absolute Gasteiger partial charge is 0.496 e. The van der Waals surface area contributed by atoms with Gasteiger partial charge in [0.2, 0.25) is 0 Å². The lowest BCUT2D eigenvalue weighted by Crippen LogP contribution is -2.22. The molecular formula is C13H19NO3. The van der Waals surface area contributed by atoms with Crippen molar-refractivity contribution in [3.8, 4) is 5.75 Å². The van der Waals surface area contributed by atoms with Gasteiger partial charge in [-0.2, -0.15) is 0 Å². The standard InChI is InChI=1S/C13H19NO3/c1-9(2)10-5-6-12(16-3)11(7-10)8-14-13(15)17-4/h5-7,9H,8H2,1-4H3,(H,14,15). The second kappa shape index (κ2) is 6.13. The van der Waals surface area contributed by atoms with Gasteiger partial charge in [-0.05, 0) is 17.5 Å². The fourth-order valence-electron chi connectivity index (χ4n) is 1.54. The van der Waals surface area contributed by atoms with Crippen LogP contribution in [0.4, 0.5) is 4.79 Å². The number of hydrogen-bond acceptors (Lipinski definition) is 3. The highest BCUT2D eigenvalue weighted by molar-refractivity contribution is 5.67. The number of methoxy groups -OCH3 is 2. The summed E-state index contributed by atoms with van der Waals surface area (Å²) in [6.45, 7) is 4.65. The smallest absolute Gasteiger partial charge is 0.407 e. The normalized spacial score (nSPS) is 10.2. The summed E-state index contributed by atoms with van der Waals surface area (Å²) in [5.41, 5.74) is 2.16. The van der Waals surface area contributed by atoms with Crippen LogP contribution in [0.15, 0.2) is 18.2 Å². The first-order chi connectivity index (χ1) is 8.08. The lowest BCUT2D eigenvalue weighted by atomic mass is 10.0. The van der Waals surface area contributed by atoms with Gasteiger partial charge in [-0.3, -0.25) is 0 Å². The SMILES string of the molecule is COC(=O)NCc1cc(C(C)C)ccc1OC. The maximum atomic E-state index is 11.0. The molecule has 0 heterocycles. The van der Waals surface area contributed by atoms with E-state index in [1.54, 1.807) is 7.11 Å². The molecule has 0 fully saturated rings. The summed E-state index contributed by atoms with van der Waals surface area (Å²) in [6, 6.07) is 5.99. The van der Waals surface area contributed by atoms with Gasteiger partial charge < -0.3 is 14.8 Å². The molecule has 0 spiro atoms. The van der Waals surface area contributed by atoms with Crippen molar-refractivity contribution < 1.29 is 14.3 Å². The molecule has 0 radical (unpaired) electrons. The lowest BCUT2D eigenvalue weighted by molar-refractivity contribution is 0.170. The molecule has 0 bridgehead atoms. The molecule has 0 aliphatic heterocycles. The summed E-state index contributed by atoms with van der Waals surface area (Å²) >= 11 is 0. The number of nitrogens with one attached hydrogen (secondary N) is 1. The predicted molar refractivity (Wildman–Crippen MR) is 66.3 cm³/mol. The molecule has 0 unspecified atom stereocenters. The van der Waals surface area contributed by atoms with Crippen molar-refractivity contribution in [1.82, 2.24) is 5.32 Å². The summed E-state index contributed by atoms with van der Waals surface area (Å²) < 4.78 is 9.79. The van der Waals surface area contributed by atoms with E-state index in [-0.39, 0.29) is 0 Å². The van der Waals surface area contributed by atoms with Gasteiger partial charge in [0, 0.05) is 12.1 Å². The first-order valence-electron chi connectivity index (χ1n) is 5.57. The Morgan fingerprint density at radius 1 is 1.35 bits per heavy atom. The van der Waals surface area contributed by atoms with E-state index < -0.39 is 6.09 Å². The van der Waals surface area contributed by atoms with Crippen LogP contribution in [0, 0.1) is 0 Å². The topological polar surface area (TPSA) is 47.6 Å². The van der Waals surface area contributed by atoms with Crippen molar-refractivity contribution >= 4 is 6.09 Å². The number of alkyl carbamates (subject to hydrolysis) is 1. The Bertz CT molecular complexity index is 388. The van der Waals surface area contributed by atoms with Crippen molar-refractivity contribution in [2.45, 2.75) is 26.3 Å². The van der Waals surface area contributed by atoms with E-state index in [0.29, 0.717) is 12.5 Å². The third kappa shape index (κ3) is 3.66. The Morgan fingerprint density at radius 3 is 2.59 bits per heavy atom. The van der Waals surface area contributed by atoms with Gasteiger partial charge in [0.15, 0.2) is 0 Å². The molecule has 1 aromatic rings. The molecule has 0 saturated carbocycles. The number of amides is 1. The fraction of sp³-hybridized carbons (Fsp3) is 0.462. The Labute approximate surface area is 102 Å². The second-order valence-corrected chi connectivity index (χ2v) is 4.07. The minimum absolute atomic E-state index is 0.399. The molecule has 0 aliphatic rings. The van der Waals surface area contributed by atoms with Gasteiger partial charge in [-0.15, -0.1) is 0 Å². The monoisotopic (exact) mass is 237 g/mol. The summed E-state index contributed by atoms with van der Waals surface area (Å²) in [5, 5.41) is 2.65. The van der Waals surface area contributed by atoms with Crippen molar-refractivity contribution in [3.63, 3.8) is 0 Å². The quantitative estimate of drug-likeness (QED) is 0.875. The Morgan fingerprint density at radius 2 is 2.06 bits per heavy atom. The summed E-state index contributed by atoms with van der Waals surface area (Å²) in [4.78, 5) is 11.0. The van der Waals surface area contributed by atoms with Gasteiger partial charge >= 0.3 is 6.09 Å². The molecule has 1 aromatic carbocycles. The van der Waals surface area contributed by atoms with Crippen molar-refractivity contribution in [3.05, 3.63) is 29.3 Å². The van der Waals surface area contributed by atoms with Gasteiger partial charge in [0.05, 0.1) is 14.2 Å². The zero-order chi connectivity index (χ0) is 12.8. The molecule has 1 rings (SSSR count). The maximum absolute atomic E-state index is 11.0. The van der Waals surface area contributed by atoms with E-state index in [0.717, 1.165) is 11.3 Å². The van der Waals surface area contributed by atoms with Crippen LogP contribution in [-0.2, 0) is 11.3 Å². The molecule has 1 N–H and O–H groups in total. The lowest BCUT2D eigenvalue weighted by Gasteiger charge is -2.13. The molecule has 4 heteroatoms. The average Bonchev–Trinajstić information content (AvgIpc) is 2.35. The second-order valence-electron chi connectivity index (χ2n) is 4.07. The molecule has 94 valence electrons. The zero-order valence-electron chi connectivity index (χ0n) is 10.7. The van der Waals surface area contributed by atoms with Crippen LogP contribution < -0.4 is 10.1 Å². The average molecular weight is 237 g/mol. The van der Waals surface area contributed by atoms with Crippen LogP contribution in [0.3, 0.4) is 0 Å². The molecule has 1 amide bonds. The number of benzene rings is 1. The van der Waals surface area contributed by atoms with Crippen LogP contribution in [-0.4, -0.2) is 20.3 Å². The summed E-state index contributed by atoms with van der Waals surface area (Å²) in [5.74, 6) is 1.21. The number of carbonyl (C=O) groups is 1. The zero-order valence-corrected chi connectivity index (χ0v) is 10.7. The Hall–Kier alpha value is -1.71. The summed E-state index contributed by atoms with van der Waals surface area (Å²) in [7, 11) is 2.96. The molecule has 0 saturated heterocycles. The first-order valence-corrected chi connectivity index (χ1v) is 5.57. The van der Waals surface area contributed by atoms with Crippen molar-refractivity contribution in [2.24, 2.45) is 0 Å². The number of carbonyl (C=O) groups excluding carboxylic acids is 1. The molecular weight excluding hydrogens is 218 g/mol. The minimum atomic E-state index is -0.443. The number of hydrogen-bond donors (Lipinski definition) is 1. The maximum Gasteiger partial charge on any atom is 0.407 e. The predicted octanol–water partition coefficient (Wildman–Crippen LogP) is 2.67. The van der Waals surface area contributed by atoms with Crippen LogP contribution in [0.25, 0.3) is 0 Å². The minimum Gasteiger partial charge on any atom is -0.496 e. The van der Waals surface area contributed by atoms with E-state index in [1.165, 1.54) is 12.7 Å². The number of ether oxygens (including phenoxy) is 2. The molecule has 17 heavy (non-hydrogen) atoms. The highest BCUT2D eigenvalue weighted by Crippen LogP contribution is 2.23. The fourth-order valence-corrected chi connectivity index (χ4v) is 1.54. The Balaban J connectivity index is 2.86. The molecule has 0 aliphatic carbocycles. The van der Waals surface area contributed by atoms with Gasteiger partial charge in [0.1, 0.15) is 5.75 Å². The van der Waals surface area contributed by atoms with E-state index in [9.17, 15) is 4.79 Å². The van der Waals surface area contributed by atoms with Crippen molar-refractivity contribution in [2.75, 3.05) is 14.2 Å². The molecule has 4 nitrogen and oxygen atoms in total. The van der Waals surface area contributed by atoms with Crippen LogP contribution in [0.5, 0.6) is 5.75 Å². The number of rotatable bonds is 4. The van der Waals surface area contributed by atoms with Crippen LogP contribution in [0.2, 0.25) is 0 Å². The van der Waals surface area contributed by atoms with E-state index in [2.05, 4.69) is 23.9 Å². The highest BCUT2D eigenvalue weighted by Gasteiger charge is 2.08. The van der Waals surface area contributed by atoms with E-state index in [4.69, 9.17) is 4.74 Å². The third-order valence-electron chi connectivity index (χ3n) is 2.58.